The molecule has 0 aliphatic carbocycles. The van der Waals surface area contributed by atoms with Gasteiger partial charge in [-0.05, 0) is 57.2 Å². The molecular formula is C19H26ClN5O. The van der Waals surface area contributed by atoms with Crippen LogP contribution in [-0.4, -0.2) is 65.6 Å². The maximum atomic E-state index is 6.03. The first-order valence-electron chi connectivity index (χ1n) is 9.41. The molecule has 0 radical (unpaired) electrons. The highest BCUT2D eigenvalue weighted by Crippen LogP contribution is 2.26. The van der Waals surface area contributed by atoms with E-state index < -0.39 is 0 Å². The number of hydrogen-bond donors (Lipinski definition) is 1. The van der Waals surface area contributed by atoms with E-state index in [0.29, 0.717) is 6.04 Å². The van der Waals surface area contributed by atoms with E-state index in [1.165, 1.54) is 0 Å². The van der Waals surface area contributed by atoms with Crippen LogP contribution in [0.4, 0.5) is 0 Å². The van der Waals surface area contributed by atoms with Gasteiger partial charge in [-0.3, -0.25) is 0 Å². The fraction of sp³-hybridized carbons (Fsp3) is 0.579. The van der Waals surface area contributed by atoms with E-state index in [2.05, 4.69) is 21.9 Å². The van der Waals surface area contributed by atoms with Crippen LogP contribution in [0.15, 0.2) is 24.3 Å². The molecule has 2 aliphatic rings. The predicted molar refractivity (Wildman–Crippen MR) is 103 cm³/mol. The average molecular weight is 376 g/mol. The molecule has 0 spiro atoms. The SMILES string of the molecule is CN1CCC(n2nc(-c3ccc(Cl)cc3)nc2C[C@H]2CNCCO2)CC1. The summed E-state index contributed by atoms with van der Waals surface area (Å²) in [4.78, 5) is 7.26. The molecule has 2 fully saturated rings. The minimum absolute atomic E-state index is 0.163. The molecule has 4 rings (SSSR count). The van der Waals surface area contributed by atoms with Gasteiger partial charge < -0.3 is 15.0 Å². The number of hydrogen-bond acceptors (Lipinski definition) is 5. The van der Waals surface area contributed by atoms with E-state index in [1.807, 2.05) is 24.3 Å². The van der Waals surface area contributed by atoms with E-state index >= 15 is 0 Å². The monoisotopic (exact) mass is 375 g/mol. The third-order valence-corrected chi connectivity index (χ3v) is 5.50. The van der Waals surface area contributed by atoms with E-state index in [0.717, 1.165) is 74.3 Å². The summed E-state index contributed by atoms with van der Waals surface area (Å²) in [6, 6.07) is 8.16. The summed E-state index contributed by atoms with van der Waals surface area (Å²) in [5.41, 5.74) is 1.00. The zero-order valence-corrected chi connectivity index (χ0v) is 16.0. The second-order valence-corrected chi connectivity index (χ2v) is 7.68. The van der Waals surface area contributed by atoms with E-state index in [-0.39, 0.29) is 6.10 Å². The quantitative estimate of drug-likeness (QED) is 0.889. The van der Waals surface area contributed by atoms with Crippen LogP contribution in [0.5, 0.6) is 0 Å². The molecule has 1 aromatic carbocycles. The molecule has 0 saturated carbocycles. The van der Waals surface area contributed by atoms with Crippen LogP contribution in [0, 0.1) is 0 Å². The lowest BCUT2D eigenvalue weighted by molar-refractivity contribution is 0.0269. The van der Waals surface area contributed by atoms with Gasteiger partial charge in [-0.1, -0.05) is 11.6 Å². The van der Waals surface area contributed by atoms with Crippen molar-refractivity contribution >= 4 is 11.6 Å². The molecule has 0 unspecified atom stereocenters. The van der Waals surface area contributed by atoms with Gasteiger partial charge in [0.1, 0.15) is 5.82 Å². The number of likely N-dealkylation sites (tertiary alicyclic amines) is 1. The average Bonchev–Trinajstić information content (AvgIpc) is 3.07. The van der Waals surface area contributed by atoms with Gasteiger partial charge in [0.05, 0.1) is 18.8 Å². The Labute approximate surface area is 159 Å². The number of halogens is 1. The molecule has 2 saturated heterocycles. The lowest BCUT2D eigenvalue weighted by Crippen LogP contribution is -2.40. The molecule has 26 heavy (non-hydrogen) atoms. The molecule has 1 aromatic heterocycles. The van der Waals surface area contributed by atoms with Gasteiger partial charge in [-0.25, -0.2) is 9.67 Å². The van der Waals surface area contributed by atoms with Crippen molar-refractivity contribution in [1.29, 1.82) is 0 Å². The number of ether oxygens (including phenoxy) is 1. The van der Waals surface area contributed by atoms with Crippen molar-refractivity contribution in [2.24, 2.45) is 0 Å². The van der Waals surface area contributed by atoms with Crippen molar-refractivity contribution in [2.45, 2.75) is 31.4 Å². The smallest absolute Gasteiger partial charge is 0.181 e. The van der Waals surface area contributed by atoms with Gasteiger partial charge >= 0.3 is 0 Å². The molecule has 3 heterocycles. The lowest BCUT2D eigenvalue weighted by Gasteiger charge is -2.30. The minimum Gasteiger partial charge on any atom is -0.375 e. The van der Waals surface area contributed by atoms with Crippen LogP contribution in [0.25, 0.3) is 11.4 Å². The third-order valence-electron chi connectivity index (χ3n) is 5.25. The van der Waals surface area contributed by atoms with Gasteiger partial charge in [0.25, 0.3) is 0 Å². The standard InChI is InChI=1S/C19H26ClN5O/c1-24-9-6-16(7-10-24)25-18(12-17-13-21-8-11-26-17)22-19(23-25)14-2-4-15(20)5-3-14/h2-5,16-17,21H,6-13H2,1H3/t17-/m0/s1. The number of rotatable bonds is 4. The van der Waals surface area contributed by atoms with Crippen molar-refractivity contribution < 1.29 is 4.74 Å². The van der Waals surface area contributed by atoms with Crippen molar-refractivity contribution in [3.05, 3.63) is 35.1 Å². The normalized spacial score (nSPS) is 22.6. The Kier molecular flexibility index (Phi) is 5.55. The largest absolute Gasteiger partial charge is 0.375 e. The Morgan fingerprint density at radius 1 is 1.23 bits per heavy atom. The maximum absolute atomic E-state index is 6.03. The van der Waals surface area contributed by atoms with Gasteiger partial charge in [0.2, 0.25) is 0 Å². The number of piperidine rings is 1. The molecule has 2 aromatic rings. The van der Waals surface area contributed by atoms with Crippen LogP contribution in [-0.2, 0) is 11.2 Å². The Bertz CT molecular complexity index is 718. The van der Waals surface area contributed by atoms with Crippen molar-refractivity contribution in [1.82, 2.24) is 25.0 Å². The Morgan fingerprint density at radius 3 is 2.69 bits per heavy atom. The predicted octanol–water partition coefficient (Wildman–Crippen LogP) is 2.40. The van der Waals surface area contributed by atoms with Crippen LogP contribution in [0.1, 0.15) is 24.7 Å². The van der Waals surface area contributed by atoms with Crippen LogP contribution >= 0.6 is 11.6 Å². The summed E-state index contributed by atoms with van der Waals surface area (Å²) in [5.74, 6) is 1.80. The first kappa shape index (κ1) is 17.9. The van der Waals surface area contributed by atoms with Gasteiger partial charge in [-0.2, -0.15) is 5.10 Å². The first-order chi connectivity index (χ1) is 12.7. The molecule has 140 valence electrons. The first-order valence-corrected chi connectivity index (χ1v) is 9.79. The lowest BCUT2D eigenvalue weighted by atomic mass is 10.1. The topological polar surface area (TPSA) is 55.2 Å². The fourth-order valence-electron chi connectivity index (χ4n) is 3.70. The van der Waals surface area contributed by atoms with Gasteiger partial charge in [-0.15, -0.1) is 0 Å². The summed E-state index contributed by atoms with van der Waals surface area (Å²) in [5, 5.41) is 9.02. The highest BCUT2D eigenvalue weighted by molar-refractivity contribution is 6.30. The highest BCUT2D eigenvalue weighted by Gasteiger charge is 2.25. The molecule has 0 amide bonds. The Morgan fingerprint density at radius 2 is 2.00 bits per heavy atom. The number of morpholine rings is 1. The van der Waals surface area contributed by atoms with E-state index in [4.69, 9.17) is 26.4 Å². The number of nitrogens with zero attached hydrogens (tertiary/aromatic N) is 4. The van der Waals surface area contributed by atoms with Crippen LogP contribution in [0.2, 0.25) is 5.02 Å². The molecule has 0 bridgehead atoms. The fourth-order valence-corrected chi connectivity index (χ4v) is 3.83. The second-order valence-electron chi connectivity index (χ2n) is 7.24. The van der Waals surface area contributed by atoms with Crippen molar-refractivity contribution in [2.75, 3.05) is 39.8 Å². The zero-order valence-electron chi connectivity index (χ0n) is 15.2. The highest BCUT2D eigenvalue weighted by atomic mass is 35.5. The van der Waals surface area contributed by atoms with Gasteiger partial charge in [0, 0.05) is 30.1 Å². The van der Waals surface area contributed by atoms with Gasteiger partial charge in [0.15, 0.2) is 5.82 Å². The second kappa shape index (κ2) is 8.05. The number of aromatic nitrogens is 3. The Hall–Kier alpha value is -1.47. The maximum Gasteiger partial charge on any atom is 0.181 e. The number of nitrogens with one attached hydrogen (secondary N) is 1. The molecule has 6 nitrogen and oxygen atoms in total. The summed E-state index contributed by atoms with van der Waals surface area (Å²) in [7, 11) is 2.18. The summed E-state index contributed by atoms with van der Waals surface area (Å²) < 4.78 is 8.06. The molecular weight excluding hydrogens is 350 g/mol. The van der Waals surface area contributed by atoms with Crippen molar-refractivity contribution in [3.63, 3.8) is 0 Å². The van der Waals surface area contributed by atoms with E-state index in [9.17, 15) is 0 Å². The molecule has 1 N–H and O–H groups in total. The van der Waals surface area contributed by atoms with Crippen molar-refractivity contribution in [3.8, 4) is 11.4 Å². The zero-order chi connectivity index (χ0) is 17.9. The summed E-state index contributed by atoms with van der Waals surface area (Å²) >= 11 is 6.03. The third kappa shape index (κ3) is 4.09. The molecule has 7 heteroatoms. The van der Waals surface area contributed by atoms with Crippen LogP contribution < -0.4 is 5.32 Å². The molecule has 1 atom stereocenters. The molecule has 2 aliphatic heterocycles. The Balaban J connectivity index is 1.61. The van der Waals surface area contributed by atoms with E-state index in [1.54, 1.807) is 0 Å². The summed E-state index contributed by atoms with van der Waals surface area (Å²) in [6.07, 6.45) is 3.17. The summed E-state index contributed by atoms with van der Waals surface area (Å²) in [6.45, 7) is 4.76. The van der Waals surface area contributed by atoms with Crippen LogP contribution in [0.3, 0.4) is 0 Å². The number of benzene rings is 1. The minimum atomic E-state index is 0.163.